The topological polar surface area (TPSA) is 45.5 Å². The molecule has 5 nitrogen and oxygen atoms in total. The maximum Gasteiger partial charge on any atom is 0.194 e. The molecule has 1 fully saturated rings. The SMILES string of the molecule is CN=C(NCCCc1cn(-c2ccccc2)nc1C)N1CC(C)(C)C1(C)C.I. The van der Waals surface area contributed by atoms with Gasteiger partial charge >= 0.3 is 0 Å². The Morgan fingerprint density at radius 1 is 1.18 bits per heavy atom. The van der Waals surface area contributed by atoms with E-state index in [1.54, 1.807) is 0 Å². The van der Waals surface area contributed by atoms with Crippen LogP contribution in [0.1, 0.15) is 45.4 Å². The largest absolute Gasteiger partial charge is 0.356 e. The number of aliphatic imine (C=N–C) groups is 1. The van der Waals surface area contributed by atoms with E-state index in [1.165, 1.54) is 5.56 Å². The van der Waals surface area contributed by atoms with Gasteiger partial charge in [0.05, 0.1) is 11.4 Å². The average Bonchev–Trinajstić information content (AvgIpc) is 3.02. The molecule has 1 saturated heterocycles. The Morgan fingerprint density at radius 3 is 2.43 bits per heavy atom. The maximum atomic E-state index is 4.66. The Labute approximate surface area is 186 Å². The van der Waals surface area contributed by atoms with Gasteiger partial charge in [-0.05, 0) is 51.3 Å². The molecule has 1 N–H and O–H groups in total. The zero-order valence-corrected chi connectivity index (χ0v) is 20.3. The van der Waals surface area contributed by atoms with Crippen molar-refractivity contribution < 1.29 is 0 Å². The molecule has 3 rings (SSSR count). The van der Waals surface area contributed by atoms with Gasteiger partial charge in [0.2, 0.25) is 0 Å². The minimum absolute atomic E-state index is 0. The quantitative estimate of drug-likeness (QED) is 0.289. The van der Waals surface area contributed by atoms with Crippen molar-refractivity contribution in [3.05, 3.63) is 47.8 Å². The van der Waals surface area contributed by atoms with Crippen LogP contribution in [-0.4, -0.2) is 46.3 Å². The highest BCUT2D eigenvalue weighted by molar-refractivity contribution is 14.0. The predicted molar refractivity (Wildman–Crippen MR) is 128 cm³/mol. The summed E-state index contributed by atoms with van der Waals surface area (Å²) in [6.45, 7) is 13.3. The summed E-state index contributed by atoms with van der Waals surface area (Å²) < 4.78 is 1.97. The molecule has 1 aromatic carbocycles. The van der Waals surface area contributed by atoms with Crippen molar-refractivity contribution in [1.29, 1.82) is 0 Å². The summed E-state index contributed by atoms with van der Waals surface area (Å²) in [6, 6.07) is 10.3. The molecule has 0 atom stereocenters. The van der Waals surface area contributed by atoms with E-state index in [1.807, 2.05) is 29.9 Å². The number of nitrogens with one attached hydrogen (secondary N) is 1. The molecule has 0 bridgehead atoms. The zero-order valence-electron chi connectivity index (χ0n) is 18.0. The van der Waals surface area contributed by atoms with Crippen molar-refractivity contribution in [3.8, 4) is 5.69 Å². The fourth-order valence-electron chi connectivity index (χ4n) is 3.63. The van der Waals surface area contributed by atoms with Gasteiger partial charge in [-0.2, -0.15) is 5.10 Å². The number of nitrogens with zero attached hydrogens (tertiary/aromatic N) is 4. The Kier molecular flexibility index (Phi) is 7.17. The van der Waals surface area contributed by atoms with E-state index in [0.29, 0.717) is 5.41 Å². The molecule has 6 heteroatoms. The molecule has 0 spiro atoms. The molecule has 1 aliphatic rings. The Morgan fingerprint density at radius 2 is 1.86 bits per heavy atom. The number of guanidine groups is 1. The number of benzene rings is 1. The molecule has 0 aliphatic carbocycles. The summed E-state index contributed by atoms with van der Waals surface area (Å²) in [7, 11) is 1.87. The summed E-state index contributed by atoms with van der Waals surface area (Å²) in [5.41, 5.74) is 3.96. The minimum Gasteiger partial charge on any atom is -0.356 e. The number of aryl methyl sites for hydroxylation is 2. The fourth-order valence-corrected chi connectivity index (χ4v) is 3.63. The van der Waals surface area contributed by atoms with Gasteiger partial charge in [0.1, 0.15) is 0 Å². The van der Waals surface area contributed by atoms with Crippen LogP contribution in [0.4, 0.5) is 0 Å². The second-order valence-corrected chi connectivity index (χ2v) is 8.63. The van der Waals surface area contributed by atoms with Crippen LogP contribution in [-0.2, 0) is 6.42 Å². The van der Waals surface area contributed by atoms with Crippen molar-refractivity contribution in [2.24, 2.45) is 10.4 Å². The van der Waals surface area contributed by atoms with E-state index in [9.17, 15) is 0 Å². The Hall–Kier alpha value is -1.57. The second kappa shape index (κ2) is 8.84. The lowest BCUT2D eigenvalue weighted by Crippen LogP contribution is -2.72. The Balaban J connectivity index is 0.00000280. The number of hydrogen-bond acceptors (Lipinski definition) is 2. The average molecular weight is 495 g/mol. The molecular weight excluding hydrogens is 461 g/mol. The van der Waals surface area contributed by atoms with Gasteiger partial charge in [-0.25, -0.2) is 4.68 Å². The molecule has 0 saturated carbocycles. The fraction of sp³-hybridized carbons (Fsp3) is 0.545. The number of aromatic nitrogens is 2. The second-order valence-electron chi connectivity index (χ2n) is 8.63. The van der Waals surface area contributed by atoms with Crippen LogP contribution in [0.3, 0.4) is 0 Å². The van der Waals surface area contributed by atoms with E-state index in [0.717, 1.165) is 43.3 Å². The third-order valence-corrected chi connectivity index (χ3v) is 6.28. The number of hydrogen-bond donors (Lipinski definition) is 1. The van der Waals surface area contributed by atoms with Crippen LogP contribution in [0.25, 0.3) is 5.69 Å². The smallest absolute Gasteiger partial charge is 0.194 e. The molecule has 154 valence electrons. The third kappa shape index (κ3) is 4.36. The van der Waals surface area contributed by atoms with Crippen molar-refractivity contribution in [2.75, 3.05) is 20.1 Å². The van der Waals surface area contributed by atoms with Gasteiger partial charge in [-0.3, -0.25) is 4.99 Å². The first-order valence-electron chi connectivity index (χ1n) is 9.85. The highest BCUT2D eigenvalue weighted by Gasteiger charge is 2.53. The van der Waals surface area contributed by atoms with Gasteiger partial charge in [0.15, 0.2) is 5.96 Å². The lowest BCUT2D eigenvalue weighted by Gasteiger charge is -2.62. The summed E-state index contributed by atoms with van der Waals surface area (Å²) in [5, 5.41) is 8.20. The maximum absolute atomic E-state index is 4.66. The van der Waals surface area contributed by atoms with E-state index in [-0.39, 0.29) is 29.5 Å². The summed E-state index contributed by atoms with van der Waals surface area (Å²) >= 11 is 0. The van der Waals surface area contributed by atoms with E-state index in [4.69, 9.17) is 0 Å². The molecule has 1 aliphatic heterocycles. The van der Waals surface area contributed by atoms with Gasteiger partial charge in [0.25, 0.3) is 0 Å². The highest BCUT2D eigenvalue weighted by atomic mass is 127. The first-order valence-corrected chi connectivity index (χ1v) is 9.85. The van der Waals surface area contributed by atoms with E-state index >= 15 is 0 Å². The number of para-hydroxylation sites is 1. The normalized spacial score (nSPS) is 17.6. The molecule has 0 amide bonds. The van der Waals surface area contributed by atoms with Crippen LogP contribution in [0, 0.1) is 12.3 Å². The predicted octanol–water partition coefficient (Wildman–Crippen LogP) is 4.43. The molecule has 2 heterocycles. The molecule has 0 unspecified atom stereocenters. The van der Waals surface area contributed by atoms with Gasteiger partial charge in [-0.15, -0.1) is 24.0 Å². The molecule has 2 aromatic rings. The highest BCUT2D eigenvalue weighted by Crippen LogP contribution is 2.46. The van der Waals surface area contributed by atoms with Crippen molar-refractivity contribution >= 4 is 29.9 Å². The van der Waals surface area contributed by atoms with Crippen LogP contribution in [0.15, 0.2) is 41.5 Å². The number of likely N-dealkylation sites (tertiary alicyclic amines) is 1. The lowest BCUT2D eigenvalue weighted by atomic mass is 9.65. The Bertz CT molecular complexity index is 808. The van der Waals surface area contributed by atoms with Gasteiger partial charge < -0.3 is 10.2 Å². The standard InChI is InChI=1S/C22H33N5.HI/c1-17-18(15-27(25-17)19-12-8-7-9-13-19)11-10-14-24-20(23-6)26-16-21(2,3)22(26,4)5;/h7-9,12-13,15H,10-11,14,16H2,1-6H3,(H,23,24);1H. The summed E-state index contributed by atoms with van der Waals surface area (Å²) in [6.07, 6.45) is 4.22. The monoisotopic (exact) mass is 495 g/mol. The van der Waals surface area contributed by atoms with Crippen molar-refractivity contribution in [3.63, 3.8) is 0 Å². The molecule has 1 aromatic heterocycles. The number of rotatable bonds is 5. The molecular formula is C22H34IN5. The van der Waals surface area contributed by atoms with Crippen LogP contribution in [0.5, 0.6) is 0 Å². The first-order chi connectivity index (χ1) is 12.8. The molecule has 0 radical (unpaired) electrons. The van der Waals surface area contributed by atoms with Crippen LogP contribution < -0.4 is 5.32 Å². The minimum atomic E-state index is 0. The zero-order chi connectivity index (χ0) is 19.7. The van der Waals surface area contributed by atoms with Crippen molar-refractivity contribution in [1.82, 2.24) is 20.0 Å². The summed E-state index contributed by atoms with van der Waals surface area (Å²) in [5.74, 6) is 1.01. The lowest BCUT2D eigenvalue weighted by molar-refractivity contribution is -0.0667. The van der Waals surface area contributed by atoms with Gasteiger partial charge in [0, 0.05) is 37.3 Å². The van der Waals surface area contributed by atoms with Crippen LogP contribution in [0.2, 0.25) is 0 Å². The van der Waals surface area contributed by atoms with E-state index in [2.05, 4.69) is 73.3 Å². The first kappa shape index (κ1) is 22.7. The van der Waals surface area contributed by atoms with E-state index < -0.39 is 0 Å². The summed E-state index contributed by atoms with van der Waals surface area (Å²) in [4.78, 5) is 6.87. The van der Waals surface area contributed by atoms with Gasteiger partial charge in [-0.1, -0.05) is 32.0 Å². The molecule has 28 heavy (non-hydrogen) atoms. The third-order valence-electron chi connectivity index (χ3n) is 6.28. The van der Waals surface area contributed by atoms with Crippen molar-refractivity contribution in [2.45, 2.75) is 53.0 Å². The van der Waals surface area contributed by atoms with Crippen LogP contribution >= 0.6 is 24.0 Å². The number of halogens is 1.